The van der Waals surface area contributed by atoms with E-state index in [0.717, 1.165) is 25.5 Å². The monoisotopic (exact) mass is 233 g/mol. The van der Waals surface area contributed by atoms with Crippen LogP contribution in [0, 0.1) is 0 Å². The molecule has 1 rings (SSSR count). The van der Waals surface area contributed by atoms with Crippen LogP contribution in [0.25, 0.3) is 0 Å². The van der Waals surface area contributed by atoms with E-state index in [1.807, 2.05) is 19.0 Å². The fourth-order valence-corrected chi connectivity index (χ4v) is 1.73. The standard InChI is InChI=1S/C14H23N3/c1-5-12-9-7-8-10-13(12)11-16-14(15-6-2)17(3)4/h7-10H,5-6,11H2,1-4H3,(H,15,16). The van der Waals surface area contributed by atoms with Crippen LogP contribution < -0.4 is 5.32 Å². The average molecular weight is 233 g/mol. The van der Waals surface area contributed by atoms with Crippen LogP contribution in [0.2, 0.25) is 0 Å². The second-order valence-electron chi connectivity index (χ2n) is 4.19. The predicted octanol–water partition coefficient (Wildman–Crippen LogP) is 2.28. The summed E-state index contributed by atoms with van der Waals surface area (Å²) in [7, 11) is 4.01. The van der Waals surface area contributed by atoms with Crippen LogP contribution in [0.4, 0.5) is 0 Å². The van der Waals surface area contributed by atoms with Crippen LogP contribution >= 0.6 is 0 Å². The number of rotatable bonds is 4. The topological polar surface area (TPSA) is 27.6 Å². The highest BCUT2D eigenvalue weighted by Crippen LogP contribution is 2.10. The van der Waals surface area contributed by atoms with Gasteiger partial charge in [-0.25, -0.2) is 4.99 Å². The first-order valence-corrected chi connectivity index (χ1v) is 6.21. The summed E-state index contributed by atoms with van der Waals surface area (Å²) in [6, 6.07) is 8.49. The summed E-state index contributed by atoms with van der Waals surface area (Å²) >= 11 is 0. The number of hydrogen-bond donors (Lipinski definition) is 1. The molecule has 0 saturated carbocycles. The van der Waals surface area contributed by atoms with E-state index in [4.69, 9.17) is 0 Å². The van der Waals surface area contributed by atoms with Gasteiger partial charge in [-0.3, -0.25) is 0 Å². The predicted molar refractivity (Wildman–Crippen MR) is 74.3 cm³/mol. The minimum Gasteiger partial charge on any atom is -0.357 e. The smallest absolute Gasteiger partial charge is 0.193 e. The molecule has 1 aromatic carbocycles. The number of aryl methyl sites for hydroxylation is 1. The maximum atomic E-state index is 4.62. The Hall–Kier alpha value is -1.51. The van der Waals surface area contributed by atoms with Crippen molar-refractivity contribution in [1.29, 1.82) is 0 Å². The van der Waals surface area contributed by atoms with Gasteiger partial charge < -0.3 is 10.2 Å². The third-order valence-corrected chi connectivity index (χ3v) is 2.66. The lowest BCUT2D eigenvalue weighted by Crippen LogP contribution is -2.36. The van der Waals surface area contributed by atoms with Gasteiger partial charge in [0.25, 0.3) is 0 Å². The third-order valence-electron chi connectivity index (χ3n) is 2.66. The van der Waals surface area contributed by atoms with Crippen LogP contribution in [-0.4, -0.2) is 31.5 Å². The van der Waals surface area contributed by atoms with Crippen LogP contribution in [-0.2, 0) is 13.0 Å². The van der Waals surface area contributed by atoms with Gasteiger partial charge in [-0.15, -0.1) is 0 Å². The molecule has 0 aliphatic rings. The summed E-state index contributed by atoms with van der Waals surface area (Å²) in [6.45, 7) is 5.90. The lowest BCUT2D eigenvalue weighted by atomic mass is 10.1. The molecule has 0 amide bonds. The molecule has 0 aliphatic carbocycles. The van der Waals surface area contributed by atoms with Gasteiger partial charge in [-0.05, 0) is 24.5 Å². The Bertz CT molecular complexity index is 369. The first-order chi connectivity index (χ1) is 8.19. The molecule has 0 spiro atoms. The molecule has 0 radical (unpaired) electrons. The van der Waals surface area contributed by atoms with Gasteiger partial charge in [0.05, 0.1) is 6.54 Å². The van der Waals surface area contributed by atoms with E-state index in [9.17, 15) is 0 Å². The van der Waals surface area contributed by atoms with E-state index in [1.165, 1.54) is 11.1 Å². The van der Waals surface area contributed by atoms with Crippen LogP contribution in [0.1, 0.15) is 25.0 Å². The molecule has 94 valence electrons. The number of nitrogens with zero attached hydrogens (tertiary/aromatic N) is 2. The number of guanidine groups is 1. The quantitative estimate of drug-likeness (QED) is 0.638. The van der Waals surface area contributed by atoms with Gasteiger partial charge >= 0.3 is 0 Å². The minimum absolute atomic E-state index is 0.741. The maximum Gasteiger partial charge on any atom is 0.193 e. The Morgan fingerprint density at radius 1 is 1.18 bits per heavy atom. The number of benzene rings is 1. The second kappa shape index (κ2) is 6.94. The van der Waals surface area contributed by atoms with Crippen molar-refractivity contribution in [3.8, 4) is 0 Å². The highest BCUT2D eigenvalue weighted by molar-refractivity contribution is 5.79. The van der Waals surface area contributed by atoms with Crippen molar-refractivity contribution in [3.05, 3.63) is 35.4 Å². The van der Waals surface area contributed by atoms with Crippen LogP contribution in [0.15, 0.2) is 29.3 Å². The lowest BCUT2D eigenvalue weighted by molar-refractivity contribution is 0.583. The molecule has 0 fully saturated rings. The van der Waals surface area contributed by atoms with E-state index in [0.29, 0.717) is 0 Å². The van der Waals surface area contributed by atoms with Crippen LogP contribution in [0.3, 0.4) is 0 Å². The molecule has 3 heteroatoms. The summed E-state index contributed by atoms with van der Waals surface area (Å²) in [6.07, 6.45) is 1.06. The molecule has 0 unspecified atom stereocenters. The Morgan fingerprint density at radius 2 is 1.82 bits per heavy atom. The highest BCUT2D eigenvalue weighted by Gasteiger charge is 2.01. The summed E-state index contributed by atoms with van der Waals surface area (Å²) in [4.78, 5) is 6.64. The Balaban J connectivity index is 2.79. The fourth-order valence-electron chi connectivity index (χ4n) is 1.73. The zero-order valence-electron chi connectivity index (χ0n) is 11.3. The van der Waals surface area contributed by atoms with Gasteiger partial charge in [0.1, 0.15) is 0 Å². The molecule has 0 aliphatic heterocycles. The van der Waals surface area contributed by atoms with Gasteiger partial charge in [0.15, 0.2) is 5.96 Å². The summed E-state index contributed by atoms with van der Waals surface area (Å²) in [5, 5.41) is 3.27. The molecule has 0 heterocycles. The Labute approximate surface area is 105 Å². The number of aliphatic imine (C=N–C) groups is 1. The fraction of sp³-hybridized carbons (Fsp3) is 0.500. The van der Waals surface area contributed by atoms with E-state index in [-0.39, 0.29) is 0 Å². The van der Waals surface area contributed by atoms with Crippen molar-refractivity contribution in [2.45, 2.75) is 26.8 Å². The number of nitrogens with one attached hydrogen (secondary N) is 1. The van der Waals surface area contributed by atoms with Gasteiger partial charge in [-0.2, -0.15) is 0 Å². The van der Waals surface area contributed by atoms with Crippen molar-refractivity contribution in [1.82, 2.24) is 10.2 Å². The molecule has 0 bridgehead atoms. The average Bonchev–Trinajstić information content (AvgIpc) is 2.34. The largest absolute Gasteiger partial charge is 0.357 e. The zero-order valence-corrected chi connectivity index (χ0v) is 11.3. The van der Waals surface area contributed by atoms with Gasteiger partial charge in [0.2, 0.25) is 0 Å². The van der Waals surface area contributed by atoms with E-state index in [1.54, 1.807) is 0 Å². The summed E-state index contributed by atoms with van der Waals surface area (Å²) in [5.74, 6) is 0.943. The summed E-state index contributed by atoms with van der Waals surface area (Å²) < 4.78 is 0. The van der Waals surface area contributed by atoms with E-state index >= 15 is 0 Å². The molecular formula is C14H23N3. The van der Waals surface area contributed by atoms with Crippen molar-refractivity contribution in [2.75, 3.05) is 20.6 Å². The molecule has 1 aromatic rings. The normalized spacial score (nSPS) is 11.4. The first-order valence-electron chi connectivity index (χ1n) is 6.21. The minimum atomic E-state index is 0.741. The SMILES string of the molecule is CCNC(=NCc1ccccc1CC)N(C)C. The first kappa shape index (κ1) is 13.6. The van der Waals surface area contributed by atoms with Gasteiger partial charge in [0, 0.05) is 20.6 Å². The molecule has 3 nitrogen and oxygen atoms in total. The van der Waals surface area contributed by atoms with Crippen molar-refractivity contribution < 1.29 is 0 Å². The van der Waals surface area contributed by atoms with Crippen molar-refractivity contribution >= 4 is 5.96 Å². The molecule has 0 atom stereocenters. The maximum absolute atomic E-state index is 4.62. The molecule has 0 saturated heterocycles. The Morgan fingerprint density at radius 3 is 2.35 bits per heavy atom. The summed E-state index contributed by atoms with van der Waals surface area (Å²) in [5.41, 5.74) is 2.69. The second-order valence-corrected chi connectivity index (χ2v) is 4.19. The van der Waals surface area contributed by atoms with E-state index < -0.39 is 0 Å². The van der Waals surface area contributed by atoms with Crippen molar-refractivity contribution in [3.63, 3.8) is 0 Å². The Kier molecular flexibility index (Phi) is 5.53. The molecule has 17 heavy (non-hydrogen) atoms. The zero-order chi connectivity index (χ0) is 12.7. The highest BCUT2D eigenvalue weighted by atomic mass is 15.3. The molecule has 1 N–H and O–H groups in total. The number of hydrogen-bond acceptors (Lipinski definition) is 1. The molecular weight excluding hydrogens is 210 g/mol. The lowest BCUT2D eigenvalue weighted by Gasteiger charge is -2.16. The third kappa shape index (κ3) is 4.10. The van der Waals surface area contributed by atoms with Crippen molar-refractivity contribution in [2.24, 2.45) is 4.99 Å². The van der Waals surface area contributed by atoms with Gasteiger partial charge in [-0.1, -0.05) is 31.2 Å². The van der Waals surface area contributed by atoms with Crippen LogP contribution in [0.5, 0.6) is 0 Å². The molecule has 0 aromatic heterocycles. The van der Waals surface area contributed by atoms with E-state index in [2.05, 4.69) is 48.4 Å².